The van der Waals surface area contributed by atoms with Crippen molar-refractivity contribution in [1.29, 1.82) is 0 Å². The van der Waals surface area contributed by atoms with Gasteiger partial charge in [-0.25, -0.2) is 9.59 Å². The molecule has 0 bridgehead atoms. The van der Waals surface area contributed by atoms with Crippen LogP contribution in [0.2, 0.25) is 0 Å². The summed E-state index contributed by atoms with van der Waals surface area (Å²) in [6.45, 7) is 6.31. The number of benzene rings is 2. The number of urea groups is 1. The van der Waals surface area contributed by atoms with Gasteiger partial charge in [-0.15, -0.1) is 0 Å². The van der Waals surface area contributed by atoms with Gasteiger partial charge in [-0.1, -0.05) is 0 Å². The van der Waals surface area contributed by atoms with Gasteiger partial charge in [0.1, 0.15) is 0 Å². The molecule has 2 aromatic carbocycles. The largest absolute Gasteiger partial charge is 0.465 e. The Morgan fingerprint density at radius 3 is 2.08 bits per heavy atom. The Labute approximate surface area is 226 Å². The molecule has 39 heavy (non-hydrogen) atoms. The number of nitrogens with one attached hydrogen (secondary N) is 3. The molecule has 0 atom stereocenters. The highest BCUT2D eigenvalue weighted by Gasteiger charge is 2.20. The van der Waals surface area contributed by atoms with Gasteiger partial charge in [-0.3, -0.25) is 0 Å². The van der Waals surface area contributed by atoms with E-state index in [1.54, 1.807) is 24.3 Å². The van der Waals surface area contributed by atoms with Crippen molar-refractivity contribution in [1.82, 2.24) is 20.3 Å². The van der Waals surface area contributed by atoms with E-state index in [9.17, 15) is 9.59 Å². The lowest BCUT2D eigenvalue weighted by Gasteiger charge is -2.28. The van der Waals surface area contributed by atoms with Crippen LogP contribution in [0.1, 0.15) is 16.8 Å². The zero-order chi connectivity index (χ0) is 27.0. The maximum Gasteiger partial charge on any atom is 0.337 e. The molecule has 0 unspecified atom stereocenters. The molecule has 2 saturated heterocycles. The molecule has 0 saturated carbocycles. The molecule has 3 heterocycles. The van der Waals surface area contributed by atoms with E-state index in [0.717, 1.165) is 51.3 Å². The third kappa shape index (κ3) is 6.78. The monoisotopic (exact) mass is 532 g/mol. The predicted molar refractivity (Wildman–Crippen MR) is 148 cm³/mol. The van der Waals surface area contributed by atoms with Crippen LogP contribution in [0.5, 0.6) is 0 Å². The highest BCUT2D eigenvalue weighted by molar-refractivity contribution is 6.00. The molecule has 0 aliphatic carbocycles. The van der Waals surface area contributed by atoms with Gasteiger partial charge in [0.15, 0.2) is 5.82 Å². The number of methoxy groups -OCH3 is 1. The molecular weight excluding hydrogens is 500 g/mol. The smallest absolute Gasteiger partial charge is 0.337 e. The second-order valence-electron chi connectivity index (χ2n) is 9.17. The Balaban J connectivity index is 1.30. The Hall–Kier alpha value is -4.29. The summed E-state index contributed by atoms with van der Waals surface area (Å²) in [7, 11) is 1.32. The normalized spacial score (nSPS) is 15.8. The molecule has 3 N–H and O–H groups in total. The van der Waals surface area contributed by atoms with E-state index in [-0.39, 0.29) is 0 Å². The number of rotatable bonds is 6. The van der Waals surface area contributed by atoms with Gasteiger partial charge in [-0.05, 0) is 61.5 Å². The fourth-order valence-electron chi connectivity index (χ4n) is 4.38. The SMILES string of the molecule is COC(=O)c1ccc(NC(=O)Nc2ccc(-c3nc(N4CCCNCC4)nc(N4CCOCC4)n3)cc2)cc1. The van der Waals surface area contributed by atoms with E-state index in [4.69, 9.17) is 24.4 Å². The second kappa shape index (κ2) is 12.5. The quantitative estimate of drug-likeness (QED) is 0.407. The molecule has 0 radical (unpaired) electrons. The molecule has 1 aromatic heterocycles. The number of hydrogen-bond acceptors (Lipinski definition) is 10. The number of ether oxygens (including phenoxy) is 2. The van der Waals surface area contributed by atoms with Crippen LogP contribution in [-0.2, 0) is 9.47 Å². The van der Waals surface area contributed by atoms with Crippen LogP contribution in [0.4, 0.5) is 28.1 Å². The molecule has 204 valence electrons. The number of anilines is 4. The molecule has 12 heteroatoms. The highest BCUT2D eigenvalue weighted by atomic mass is 16.5. The Morgan fingerprint density at radius 1 is 0.821 bits per heavy atom. The van der Waals surface area contributed by atoms with Crippen LogP contribution in [0.15, 0.2) is 48.5 Å². The molecule has 2 aliphatic heterocycles. The minimum atomic E-state index is -0.433. The van der Waals surface area contributed by atoms with Gasteiger partial charge >= 0.3 is 12.0 Å². The van der Waals surface area contributed by atoms with E-state index >= 15 is 0 Å². The summed E-state index contributed by atoms with van der Waals surface area (Å²) in [5, 5.41) is 8.99. The van der Waals surface area contributed by atoms with Crippen LogP contribution in [0, 0.1) is 0 Å². The van der Waals surface area contributed by atoms with E-state index < -0.39 is 12.0 Å². The van der Waals surface area contributed by atoms with E-state index in [1.807, 2.05) is 24.3 Å². The molecule has 2 fully saturated rings. The van der Waals surface area contributed by atoms with Crippen LogP contribution in [-0.4, -0.2) is 86.5 Å². The molecule has 3 aromatic rings. The van der Waals surface area contributed by atoms with Gasteiger partial charge in [-0.2, -0.15) is 15.0 Å². The summed E-state index contributed by atoms with van der Waals surface area (Å²) < 4.78 is 10.2. The van der Waals surface area contributed by atoms with E-state index in [2.05, 4.69) is 25.8 Å². The number of morpholine rings is 1. The first-order valence-corrected chi connectivity index (χ1v) is 13.0. The van der Waals surface area contributed by atoms with Gasteiger partial charge < -0.3 is 35.2 Å². The van der Waals surface area contributed by atoms with Crippen LogP contribution in [0.3, 0.4) is 0 Å². The lowest BCUT2D eigenvalue weighted by molar-refractivity contribution is 0.0600. The first-order valence-electron chi connectivity index (χ1n) is 13.0. The van der Waals surface area contributed by atoms with E-state index in [0.29, 0.717) is 47.9 Å². The lowest BCUT2D eigenvalue weighted by Crippen LogP contribution is -2.38. The topological polar surface area (TPSA) is 134 Å². The third-order valence-corrected chi connectivity index (χ3v) is 6.49. The summed E-state index contributed by atoms with van der Waals surface area (Å²) in [6, 6.07) is 13.4. The van der Waals surface area contributed by atoms with Gasteiger partial charge in [0.05, 0.1) is 25.9 Å². The van der Waals surface area contributed by atoms with E-state index in [1.165, 1.54) is 7.11 Å². The van der Waals surface area contributed by atoms with Gasteiger partial charge in [0.2, 0.25) is 11.9 Å². The number of hydrogen-bond donors (Lipinski definition) is 3. The zero-order valence-electron chi connectivity index (χ0n) is 21.9. The summed E-state index contributed by atoms with van der Waals surface area (Å²) >= 11 is 0. The van der Waals surface area contributed by atoms with Crippen molar-refractivity contribution in [2.45, 2.75) is 6.42 Å². The summed E-state index contributed by atoms with van der Waals surface area (Å²) in [6.07, 6.45) is 1.02. The highest BCUT2D eigenvalue weighted by Crippen LogP contribution is 2.24. The summed E-state index contributed by atoms with van der Waals surface area (Å²) in [5.41, 5.74) is 2.40. The predicted octanol–water partition coefficient (Wildman–Crippen LogP) is 2.61. The molecule has 0 spiro atoms. The maximum absolute atomic E-state index is 12.5. The first kappa shape index (κ1) is 26.3. The fourth-order valence-corrected chi connectivity index (χ4v) is 4.38. The number of nitrogens with zero attached hydrogens (tertiary/aromatic N) is 5. The number of amides is 2. The van der Waals surface area contributed by atoms with Crippen LogP contribution >= 0.6 is 0 Å². The first-order chi connectivity index (χ1) is 19.1. The van der Waals surface area contributed by atoms with Crippen molar-refractivity contribution in [3.05, 3.63) is 54.1 Å². The minimum Gasteiger partial charge on any atom is -0.465 e. The number of aromatic nitrogens is 3. The minimum absolute atomic E-state index is 0.402. The Kier molecular flexibility index (Phi) is 8.44. The third-order valence-electron chi connectivity index (χ3n) is 6.49. The van der Waals surface area contributed by atoms with Crippen molar-refractivity contribution in [3.63, 3.8) is 0 Å². The van der Waals surface area contributed by atoms with Crippen molar-refractivity contribution < 1.29 is 19.1 Å². The van der Waals surface area contributed by atoms with Gasteiger partial charge in [0.25, 0.3) is 0 Å². The molecular formula is C27H32N8O4. The number of carbonyl (C=O) groups is 2. The van der Waals surface area contributed by atoms with Gasteiger partial charge in [0, 0.05) is 49.7 Å². The standard InChI is InChI=1S/C27H32N8O4/c1-38-24(36)20-5-9-22(10-6-20)30-27(37)29-21-7-3-19(4-8-21)23-31-25(34-13-2-11-28-12-14-34)33-26(32-23)35-15-17-39-18-16-35/h3-10,28H,2,11-18H2,1H3,(H2,29,30,37). The number of carbonyl (C=O) groups excluding carboxylic acids is 2. The average molecular weight is 533 g/mol. The Bertz CT molecular complexity index is 1270. The molecule has 5 rings (SSSR count). The molecule has 2 amide bonds. The molecule has 2 aliphatic rings. The van der Waals surface area contributed by atoms with Crippen molar-refractivity contribution in [3.8, 4) is 11.4 Å². The zero-order valence-corrected chi connectivity index (χ0v) is 21.9. The second-order valence-corrected chi connectivity index (χ2v) is 9.17. The van der Waals surface area contributed by atoms with Crippen LogP contribution < -0.4 is 25.8 Å². The average Bonchev–Trinajstić information content (AvgIpc) is 3.28. The lowest BCUT2D eigenvalue weighted by atomic mass is 10.2. The number of esters is 1. The summed E-state index contributed by atoms with van der Waals surface area (Å²) in [5.74, 6) is 1.47. The fraction of sp³-hybridized carbons (Fsp3) is 0.370. The summed E-state index contributed by atoms with van der Waals surface area (Å²) in [4.78, 5) is 42.9. The van der Waals surface area contributed by atoms with Crippen molar-refractivity contribution >= 4 is 35.3 Å². The molecule has 12 nitrogen and oxygen atoms in total. The Morgan fingerprint density at radius 2 is 1.44 bits per heavy atom. The maximum atomic E-state index is 12.5. The van der Waals surface area contributed by atoms with Crippen LogP contribution in [0.25, 0.3) is 11.4 Å². The van der Waals surface area contributed by atoms with Crippen molar-refractivity contribution in [2.24, 2.45) is 0 Å². The van der Waals surface area contributed by atoms with Crippen molar-refractivity contribution in [2.75, 3.05) is 80.0 Å².